The standard InChI is InChI=1S/C38H34O/c1-3-23-17-24-16-22(2)38(27(18-23)19-24)34-21-35-33(31-15-13-26-9-5-7-11-29(26)37(31)39-35)20-32(34)30-14-12-25-8-4-6-10-28(25)36(30)38/h4-15,20-24,27H,3,16-19H2,1-2H3. The highest BCUT2D eigenvalue weighted by molar-refractivity contribution is 6.16. The molecule has 6 aromatic rings. The molecule has 0 N–H and O–H groups in total. The summed E-state index contributed by atoms with van der Waals surface area (Å²) >= 11 is 0. The van der Waals surface area contributed by atoms with Crippen molar-refractivity contribution in [1.82, 2.24) is 0 Å². The number of rotatable bonds is 1. The lowest BCUT2D eigenvalue weighted by Gasteiger charge is -2.55. The summed E-state index contributed by atoms with van der Waals surface area (Å²) in [5.74, 6) is 3.01. The highest BCUT2D eigenvalue weighted by Crippen LogP contribution is 2.66. The first-order valence-corrected chi connectivity index (χ1v) is 15.1. The molecule has 9 rings (SSSR count). The minimum atomic E-state index is 0.0467. The summed E-state index contributed by atoms with van der Waals surface area (Å²) in [5, 5.41) is 7.77. The van der Waals surface area contributed by atoms with Crippen LogP contribution in [0.2, 0.25) is 0 Å². The summed E-state index contributed by atoms with van der Waals surface area (Å²) in [6.45, 7) is 4.98. The lowest BCUT2D eigenvalue weighted by molar-refractivity contribution is 0.0375. The van der Waals surface area contributed by atoms with Crippen molar-refractivity contribution in [2.24, 2.45) is 23.7 Å². The molecule has 1 nitrogen and oxygen atoms in total. The first kappa shape index (κ1) is 22.3. The number of fused-ring (bicyclic) bond motifs is 15. The van der Waals surface area contributed by atoms with Crippen LogP contribution in [0, 0.1) is 23.7 Å². The second-order valence-electron chi connectivity index (χ2n) is 12.9. The van der Waals surface area contributed by atoms with Gasteiger partial charge in [0.15, 0.2) is 0 Å². The van der Waals surface area contributed by atoms with Crippen molar-refractivity contribution >= 4 is 43.5 Å². The molecule has 0 aliphatic heterocycles. The van der Waals surface area contributed by atoms with Crippen molar-refractivity contribution in [2.45, 2.75) is 51.4 Å². The van der Waals surface area contributed by atoms with Gasteiger partial charge in [0.05, 0.1) is 0 Å². The molecule has 1 spiro atoms. The Hall–Kier alpha value is -3.58. The van der Waals surface area contributed by atoms with Gasteiger partial charge >= 0.3 is 0 Å². The van der Waals surface area contributed by atoms with Crippen molar-refractivity contribution in [1.29, 1.82) is 0 Å². The molecular weight excluding hydrogens is 472 g/mol. The van der Waals surface area contributed by atoms with E-state index >= 15 is 0 Å². The lowest BCUT2D eigenvalue weighted by Crippen LogP contribution is -2.49. The molecule has 0 saturated heterocycles. The van der Waals surface area contributed by atoms with E-state index in [1.165, 1.54) is 81.1 Å². The van der Waals surface area contributed by atoms with Gasteiger partial charge in [-0.25, -0.2) is 0 Å². The Bertz CT molecular complexity index is 1960. The van der Waals surface area contributed by atoms with E-state index in [1.807, 2.05) is 0 Å². The van der Waals surface area contributed by atoms with Gasteiger partial charge < -0.3 is 4.42 Å². The Morgan fingerprint density at radius 2 is 1.49 bits per heavy atom. The van der Waals surface area contributed by atoms with Gasteiger partial charge in [-0.15, -0.1) is 0 Å². The van der Waals surface area contributed by atoms with Crippen LogP contribution in [0.25, 0.3) is 54.6 Å². The smallest absolute Gasteiger partial charge is 0.143 e. The second-order valence-corrected chi connectivity index (χ2v) is 12.9. The van der Waals surface area contributed by atoms with Gasteiger partial charge in [0, 0.05) is 21.6 Å². The van der Waals surface area contributed by atoms with E-state index in [1.54, 1.807) is 5.56 Å². The monoisotopic (exact) mass is 506 g/mol. The normalized spacial score (nSPS) is 27.5. The van der Waals surface area contributed by atoms with Crippen LogP contribution in [-0.4, -0.2) is 0 Å². The number of furan rings is 1. The third-order valence-electron chi connectivity index (χ3n) is 11.2. The zero-order chi connectivity index (χ0) is 25.9. The minimum Gasteiger partial charge on any atom is -0.455 e. The van der Waals surface area contributed by atoms with Gasteiger partial charge in [0.1, 0.15) is 11.2 Å². The van der Waals surface area contributed by atoms with Crippen LogP contribution in [-0.2, 0) is 5.41 Å². The Kier molecular flexibility index (Phi) is 4.42. The van der Waals surface area contributed by atoms with Gasteiger partial charge in [-0.2, -0.15) is 0 Å². The zero-order valence-electron chi connectivity index (χ0n) is 22.8. The van der Waals surface area contributed by atoms with E-state index in [2.05, 4.69) is 98.8 Å². The van der Waals surface area contributed by atoms with E-state index in [9.17, 15) is 0 Å². The molecule has 3 aliphatic carbocycles. The fourth-order valence-electron chi connectivity index (χ4n) is 9.68. The lowest BCUT2D eigenvalue weighted by atomic mass is 9.49. The highest BCUT2D eigenvalue weighted by atomic mass is 16.3. The highest BCUT2D eigenvalue weighted by Gasteiger charge is 2.57. The summed E-state index contributed by atoms with van der Waals surface area (Å²) in [5.41, 5.74) is 8.19. The molecule has 3 aliphatic rings. The van der Waals surface area contributed by atoms with Gasteiger partial charge in [-0.05, 0) is 106 Å². The van der Waals surface area contributed by atoms with Gasteiger partial charge in [-0.1, -0.05) is 87.0 Å². The van der Waals surface area contributed by atoms with E-state index in [-0.39, 0.29) is 5.41 Å². The van der Waals surface area contributed by atoms with Crippen molar-refractivity contribution in [3.63, 3.8) is 0 Å². The van der Waals surface area contributed by atoms with Crippen molar-refractivity contribution in [3.8, 4) is 11.1 Å². The van der Waals surface area contributed by atoms with Gasteiger partial charge in [-0.3, -0.25) is 0 Å². The van der Waals surface area contributed by atoms with Crippen molar-refractivity contribution in [2.75, 3.05) is 0 Å². The third-order valence-corrected chi connectivity index (χ3v) is 11.2. The van der Waals surface area contributed by atoms with Crippen LogP contribution in [0.15, 0.2) is 89.3 Å². The van der Waals surface area contributed by atoms with Crippen molar-refractivity contribution < 1.29 is 4.42 Å². The quantitative estimate of drug-likeness (QED) is 0.216. The molecule has 5 atom stereocenters. The molecule has 39 heavy (non-hydrogen) atoms. The largest absolute Gasteiger partial charge is 0.455 e. The summed E-state index contributed by atoms with van der Waals surface area (Å²) in [7, 11) is 0. The predicted molar refractivity (Wildman–Crippen MR) is 163 cm³/mol. The van der Waals surface area contributed by atoms with Crippen LogP contribution in [0.5, 0.6) is 0 Å². The molecule has 5 aromatic carbocycles. The number of benzene rings is 5. The topological polar surface area (TPSA) is 13.1 Å². The van der Waals surface area contributed by atoms with Crippen molar-refractivity contribution in [3.05, 3.63) is 96.1 Å². The molecule has 1 heteroatoms. The van der Waals surface area contributed by atoms with Crippen LogP contribution in [0.4, 0.5) is 0 Å². The first-order chi connectivity index (χ1) is 19.2. The molecular formula is C38H34O. The van der Waals surface area contributed by atoms with E-state index < -0.39 is 0 Å². The summed E-state index contributed by atoms with van der Waals surface area (Å²) in [4.78, 5) is 0. The Morgan fingerprint density at radius 1 is 0.718 bits per heavy atom. The molecule has 0 amide bonds. The maximum absolute atomic E-state index is 6.79. The molecule has 2 saturated carbocycles. The molecule has 2 fully saturated rings. The summed E-state index contributed by atoms with van der Waals surface area (Å²) in [6, 6.07) is 32.1. The third kappa shape index (κ3) is 2.76. The molecule has 0 radical (unpaired) electrons. The molecule has 2 bridgehead atoms. The molecule has 1 heterocycles. The Labute approximate surface area is 229 Å². The number of hydrogen-bond acceptors (Lipinski definition) is 1. The van der Waals surface area contributed by atoms with E-state index in [0.717, 1.165) is 23.0 Å². The molecule has 192 valence electrons. The predicted octanol–water partition coefficient (Wildman–Crippen LogP) is 10.6. The molecule has 5 unspecified atom stereocenters. The SMILES string of the molecule is CCC1CC2CC(C)C3(c4cc5oc6c7ccccc7ccc6c5cc4-c4ccc5ccccc5c43)C(C1)C2. The Balaban J connectivity index is 1.40. The second kappa shape index (κ2) is 7.75. The first-order valence-electron chi connectivity index (χ1n) is 15.1. The summed E-state index contributed by atoms with van der Waals surface area (Å²) < 4.78 is 6.79. The van der Waals surface area contributed by atoms with Crippen LogP contribution in [0.1, 0.15) is 57.1 Å². The van der Waals surface area contributed by atoms with E-state index in [0.29, 0.717) is 11.8 Å². The maximum atomic E-state index is 6.79. The van der Waals surface area contributed by atoms with Crippen LogP contribution < -0.4 is 0 Å². The number of hydrogen-bond donors (Lipinski definition) is 0. The zero-order valence-corrected chi connectivity index (χ0v) is 22.8. The maximum Gasteiger partial charge on any atom is 0.143 e. The van der Waals surface area contributed by atoms with Gasteiger partial charge in [0.25, 0.3) is 0 Å². The van der Waals surface area contributed by atoms with E-state index in [4.69, 9.17) is 4.42 Å². The van der Waals surface area contributed by atoms with Crippen LogP contribution in [0.3, 0.4) is 0 Å². The fraction of sp³-hybridized carbons (Fsp3) is 0.316. The molecule has 1 aromatic heterocycles. The van der Waals surface area contributed by atoms with Gasteiger partial charge in [0.2, 0.25) is 0 Å². The average molecular weight is 507 g/mol. The fourth-order valence-corrected chi connectivity index (χ4v) is 9.68. The average Bonchev–Trinajstić information content (AvgIpc) is 3.48. The minimum absolute atomic E-state index is 0.0467. The van der Waals surface area contributed by atoms with Crippen LogP contribution >= 0.6 is 0 Å². The Morgan fingerprint density at radius 3 is 2.33 bits per heavy atom. The summed E-state index contributed by atoms with van der Waals surface area (Å²) in [6.07, 6.45) is 6.78.